The Bertz CT molecular complexity index is 505. The van der Waals surface area contributed by atoms with Crippen LogP contribution in [0, 0.1) is 0 Å². The summed E-state index contributed by atoms with van der Waals surface area (Å²) in [5.74, 6) is 0.334. The lowest BCUT2D eigenvalue weighted by Gasteiger charge is -2.46. The Kier molecular flexibility index (Phi) is 2.95. The molecule has 1 fully saturated rings. The molecule has 3 rings (SSSR count). The molecule has 104 valence electrons. The van der Waals surface area contributed by atoms with Crippen LogP contribution in [-0.2, 0) is 17.6 Å². The normalized spacial score (nSPS) is 28.7. The molecule has 0 amide bonds. The van der Waals surface area contributed by atoms with E-state index < -0.39 is 11.9 Å². The number of aryl methyl sites for hydroxylation is 1. The maximum Gasteiger partial charge on any atom is 0.215 e. The van der Waals surface area contributed by atoms with Crippen molar-refractivity contribution in [1.29, 1.82) is 0 Å². The van der Waals surface area contributed by atoms with E-state index in [1.165, 1.54) is 0 Å². The fourth-order valence-electron chi connectivity index (χ4n) is 3.06. The molecule has 1 saturated heterocycles. The van der Waals surface area contributed by atoms with E-state index in [-0.39, 0.29) is 0 Å². The standard InChI is InChI=1S/C15H20O4/c1-3-9-7-12-13(10(4-2)14(9)17)11(16)8-15(19-12)5-6-18-15/h7,11,16-17H,3-6,8H2,1-2H3. The lowest BCUT2D eigenvalue weighted by Crippen LogP contribution is -2.52. The molecule has 4 heteroatoms. The van der Waals surface area contributed by atoms with E-state index >= 15 is 0 Å². The molecule has 2 atom stereocenters. The molecular formula is C15H20O4. The van der Waals surface area contributed by atoms with E-state index in [1.807, 2.05) is 19.9 Å². The van der Waals surface area contributed by atoms with Gasteiger partial charge in [-0.05, 0) is 24.5 Å². The van der Waals surface area contributed by atoms with Gasteiger partial charge in [-0.2, -0.15) is 0 Å². The van der Waals surface area contributed by atoms with Crippen molar-refractivity contribution in [3.8, 4) is 11.5 Å². The van der Waals surface area contributed by atoms with E-state index in [9.17, 15) is 10.2 Å². The van der Waals surface area contributed by atoms with Crippen molar-refractivity contribution in [2.24, 2.45) is 0 Å². The minimum absolute atomic E-state index is 0.303. The van der Waals surface area contributed by atoms with Crippen molar-refractivity contribution >= 4 is 0 Å². The molecule has 2 aliphatic heterocycles. The van der Waals surface area contributed by atoms with Crippen LogP contribution in [0.3, 0.4) is 0 Å². The summed E-state index contributed by atoms with van der Waals surface area (Å²) < 4.78 is 11.5. The van der Waals surface area contributed by atoms with E-state index in [0.29, 0.717) is 30.9 Å². The van der Waals surface area contributed by atoms with Crippen molar-refractivity contribution in [3.63, 3.8) is 0 Å². The number of aromatic hydroxyl groups is 1. The molecule has 0 bridgehead atoms. The minimum atomic E-state index is -0.639. The minimum Gasteiger partial charge on any atom is -0.507 e. The van der Waals surface area contributed by atoms with Crippen molar-refractivity contribution in [2.75, 3.05) is 6.61 Å². The topological polar surface area (TPSA) is 58.9 Å². The molecule has 2 heterocycles. The van der Waals surface area contributed by atoms with Crippen LogP contribution in [0.2, 0.25) is 0 Å². The Morgan fingerprint density at radius 3 is 2.63 bits per heavy atom. The Labute approximate surface area is 113 Å². The fraction of sp³-hybridized carbons (Fsp3) is 0.600. The Hall–Kier alpha value is -1.26. The average molecular weight is 264 g/mol. The van der Waals surface area contributed by atoms with Crippen molar-refractivity contribution in [1.82, 2.24) is 0 Å². The van der Waals surface area contributed by atoms with Crippen molar-refractivity contribution in [2.45, 2.75) is 51.4 Å². The maximum absolute atomic E-state index is 10.4. The molecule has 2 N–H and O–H groups in total. The van der Waals surface area contributed by atoms with Gasteiger partial charge in [-0.25, -0.2) is 0 Å². The first-order chi connectivity index (χ1) is 9.10. The molecular weight excluding hydrogens is 244 g/mol. The third-order valence-electron chi connectivity index (χ3n) is 4.20. The molecule has 0 saturated carbocycles. The van der Waals surface area contributed by atoms with E-state index in [2.05, 4.69) is 0 Å². The number of aliphatic hydroxyl groups excluding tert-OH is 1. The maximum atomic E-state index is 10.4. The number of hydrogen-bond acceptors (Lipinski definition) is 4. The third kappa shape index (κ3) is 1.82. The van der Waals surface area contributed by atoms with Gasteiger partial charge >= 0.3 is 0 Å². The van der Waals surface area contributed by atoms with Gasteiger partial charge in [-0.15, -0.1) is 0 Å². The summed E-state index contributed by atoms with van der Waals surface area (Å²) in [6.07, 6.45) is 2.04. The highest BCUT2D eigenvalue weighted by Gasteiger charge is 2.47. The lowest BCUT2D eigenvalue weighted by molar-refractivity contribution is -0.283. The molecule has 19 heavy (non-hydrogen) atoms. The van der Waals surface area contributed by atoms with Crippen LogP contribution in [0.5, 0.6) is 11.5 Å². The number of rotatable bonds is 2. The highest BCUT2D eigenvalue weighted by molar-refractivity contribution is 5.55. The molecule has 1 spiro atoms. The Morgan fingerprint density at radius 1 is 1.37 bits per heavy atom. The molecule has 0 aliphatic carbocycles. The van der Waals surface area contributed by atoms with Crippen LogP contribution in [0.25, 0.3) is 0 Å². The number of fused-ring (bicyclic) bond motifs is 1. The van der Waals surface area contributed by atoms with Gasteiger partial charge in [0, 0.05) is 24.0 Å². The monoisotopic (exact) mass is 264 g/mol. The molecule has 1 aromatic carbocycles. The number of benzene rings is 1. The van der Waals surface area contributed by atoms with E-state index in [4.69, 9.17) is 9.47 Å². The second kappa shape index (κ2) is 4.39. The van der Waals surface area contributed by atoms with Crippen LogP contribution >= 0.6 is 0 Å². The zero-order chi connectivity index (χ0) is 13.6. The number of hydrogen-bond donors (Lipinski definition) is 2. The number of ether oxygens (including phenoxy) is 2. The van der Waals surface area contributed by atoms with Gasteiger partial charge in [0.15, 0.2) is 0 Å². The van der Waals surface area contributed by atoms with Gasteiger partial charge in [-0.3, -0.25) is 0 Å². The van der Waals surface area contributed by atoms with Crippen molar-refractivity contribution in [3.05, 3.63) is 22.8 Å². The van der Waals surface area contributed by atoms with Crippen LogP contribution in [0.4, 0.5) is 0 Å². The molecule has 0 aromatic heterocycles. The molecule has 0 radical (unpaired) electrons. The van der Waals surface area contributed by atoms with Gasteiger partial charge < -0.3 is 19.7 Å². The van der Waals surface area contributed by atoms with Gasteiger partial charge in [0.05, 0.1) is 12.7 Å². The summed E-state index contributed by atoms with van der Waals surface area (Å²) in [4.78, 5) is 0. The van der Waals surface area contributed by atoms with E-state index in [1.54, 1.807) is 0 Å². The third-order valence-corrected chi connectivity index (χ3v) is 4.20. The predicted molar refractivity (Wildman–Crippen MR) is 70.4 cm³/mol. The second-order valence-electron chi connectivity index (χ2n) is 5.31. The lowest BCUT2D eigenvalue weighted by atomic mass is 9.87. The highest BCUT2D eigenvalue weighted by atomic mass is 16.7. The zero-order valence-electron chi connectivity index (χ0n) is 11.4. The predicted octanol–water partition coefficient (Wildman–Crippen LogP) is 2.45. The molecule has 2 aliphatic rings. The second-order valence-corrected chi connectivity index (χ2v) is 5.31. The summed E-state index contributed by atoms with van der Waals surface area (Å²) in [7, 11) is 0. The number of aliphatic hydroxyl groups is 1. The van der Waals surface area contributed by atoms with Crippen LogP contribution in [-0.4, -0.2) is 22.6 Å². The summed E-state index contributed by atoms with van der Waals surface area (Å²) in [5, 5.41) is 20.7. The fourth-order valence-corrected chi connectivity index (χ4v) is 3.06. The zero-order valence-corrected chi connectivity index (χ0v) is 11.4. The Morgan fingerprint density at radius 2 is 2.11 bits per heavy atom. The summed E-state index contributed by atoms with van der Waals surface area (Å²) in [5.41, 5.74) is 2.40. The number of phenols is 1. The first-order valence-electron chi connectivity index (χ1n) is 6.99. The first-order valence-corrected chi connectivity index (χ1v) is 6.99. The summed E-state index contributed by atoms with van der Waals surface area (Å²) >= 11 is 0. The smallest absolute Gasteiger partial charge is 0.215 e. The first kappa shape index (κ1) is 12.8. The van der Waals surface area contributed by atoms with Crippen molar-refractivity contribution < 1.29 is 19.7 Å². The Balaban J connectivity index is 2.12. The van der Waals surface area contributed by atoms with E-state index in [0.717, 1.165) is 29.5 Å². The van der Waals surface area contributed by atoms with Gasteiger partial charge in [-0.1, -0.05) is 13.8 Å². The van der Waals surface area contributed by atoms with Gasteiger partial charge in [0.25, 0.3) is 0 Å². The average Bonchev–Trinajstić information content (AvgIpc) is 2.36. The van der Waals surface area contributed by atoms with Crippen LogP contribution < -0.4 is 4.74 Å². The van der Waals surface area contributed by atoms with Crippen LogP contribution in [0.1, 0.15) is 49.5 Å². The highest BCUT2D eigenvalue weighted by Crippen LogP contribution is 2.49. The largest absolute Gasteiger partial charge is 0.507 e. The summed E-state index contributed by atoms with van der Waals surface area (Å²) in [6, 6.07) is 1.84. The van der Waals surface area contributed by atoms with Gasteiger partial charge in [0.2, 0.25) is 5.79 Å². The van der Waals surface area contributed by atoms with Crippen LogP contribution in [0.15, 0.2) is 6.07 Å². The number of phenolic OH excluding ortho intramolecular Hbond substituents is 1. The molecule has 2 unspecified atom stereocenters. The molecule has 4 nitrogen and oxygen atoms in total. The summed E-state index contributed by atoms with van der Waals surface area (Å²) in [6.45, 7) is 4.66. The molecule has 1 aromatic rings. The SMILES string of the molecule is CCc1cc2c(c(CC)c1O)C(O)CC1(CCO1)O2. The van der Waals surface area contributed by atoms with Gasteiger partial charge in [0.1, 0.15) is 11.5 Å². The quantitative estimate of drug-likeness (QED) is 0.861.